The van der Waals surface area contributed by atoms with Gasteiger partial charge in [-0.05, 0) is 117 Å². The second-order valence-corrected chi connectivity index (χ2v) is 18.5. The number of alkyl halides is 3. The predicted molar refractivity (Wildman–Crippen MR) is 274 cm³/mol. The summed E-state index contributed by atoms with van der Waals surface area (Å²) in [5.41, 5.74) is 3.69. The van der Waals surface area contributed by atoms with Gasteiger partial charge in [0, 0.05) is 81.0 Å². The highest BCUT2D eigenvalue weighted by Crippen LogP contribution is 2.33. The van der Waals surface area contributed by atoms with Crippen LogP contribution >= 0.6 is 0 Å². The van der Waals surface area contributed by atoms with E-state index in [1.54, 1.807) is 33.5 Å². The average molecular weight is 1050 g/mol. The molecule has 1 atom stereocenters. The fourth-order valence-electron chi connectivity index (χ4n) is 7.99. The zero-order chi connectivity index (χ0) is 52.9. The molecule has 0 radical (unpaired) electrons. The second-order valence-electron chi connectivity index (χ2n) is 17.1. The fourth-order valence-corrected chi connectivity index (χ4v) is 9.15. The van der Waals surface area contributed by atoms with Gasteiger partial charge >= 0.3 is 12.1 Å². The van der Waals surface area contributed by atoms with Crippen LogP contribution < -0.4 is 15.5 Å². The first-order valence-corrected chi connectivity index (χ1v) is 25.6. The molecular formula is C54H63F3N6O10S. The largest absolute Gasteiger partial charge is 0.478 e. The lowest BCUT2D eigenvalue weighted by atomic mass is 10.0. The van der Waals surface area contributed by atoms with Gasteiger partial charge in [0.25, 0.3) is 11.8 Å². The third-order valence-electron chi connectivity index (χ3n) is 12.0. The molecule has 1 aliphatic heterocycles. The lowest BCUT2D eigenvalue weighted by Gasteiger charge is -2.33. The Morgan fingerprint density at radius 1 is 0.703 bits per heavy atom. The number of aromatic carboxylic acids is 1. The predicted octanol–water partition coefficient (Wildman–Crippen LogP) is 7.75. The van der Waals surface area contributed by atoms with Gasteiger partial charge in [0.15, 0.2) is 0 Å². The van der Waals surface area contributed by atoms with Crippen LogP contribution in [0.3, 0.4) is 0 Å². The van der Waals surface area contributed by atoms with E-state index in [0.717, 1.165) is 42.9 Å². The number of carbonyl (C=O) groups is 4. The van der Waals surface area contributed by atoms with E-state index >= 15 is 0 Å². The average Bonchev–Trinajstić information content (AvgIpc) is 3.41. The van der Waals surface area contributed by atoms with Gasteiger partial charge in [0.1, 0.15) is 11.0 Å². The Morgan fingerprint density at radius 2 is 1.34 bits per heavy atom. The molecule has 1 saturated heterocycles. The van der Waals surface area contributed by atoms with Gasteiger partial charge in [0.2, 0.25) is 5.91 Å². The molecule has 4 aromatic carbocycles. The number of hydrogen-bond acceptors (Lipinski definition) is 11. The van der Waals surface area contributed by atoms with Gasteiger partial charge in [-0.3, -0.25) is 19.4 Å². The Hall–Kier alpha value is -6.55. The maximum absolute atomic E-state index is 13.7. The summed E-state index contributed by atoms with van der Waals surface area (Å²) in [6.45, 7) is 10.2. The zero-order valence-electron chi connectivity index (χ0n) is 41.6. The highest BCUT2D eigenvalue weighted by atomic mass is 32.2. The Kier molecular flexibility index (Phi) is 22.1. The minimum absolute atomic E-state index is 0.0371. The number of aromatic nitrogens is 1. The molecule has 1 aliphatic rings. The first-order chi connectivity index (χ1) is 35.7. The van der Waals surface area contributed by atoms with Crippen LogP contribution in [0.4, 0.5) is 24.5 Å². The number of rotatable bonds is 28. The Labute approximate surface area is 431 Å². The van der Waals surface area contributed by atoms with Crippen molar-refractivity contribution in [1.82, 2.24) is 19.5 Å². The third-order valence-corrected chi connectivity index (χ3v) is 13.5. The Balaban J connectivity index is 0.849. The number of nitrogens with zero attached hydrogens (tertiary/aromatic N) is 4. The molecule has 6 rings (SSSR count). The van der Waals surface area contributed by atoms with E-state index in [2.05, 4.69) is 20.5 Å². The van der Waals surface area contributed by atoms with Crippen molar-refractivity contribution in [2.24, 2.45) is 0 Å². The van der Waals surface area contributed by atoms with E-state index in [9.17, 15) is 36.6 Å². The summed E-state index contributed by atoms with van der Waals surface area (Å²) in [5, 5.41) is 14.8. The van der Waals surface area contributed by atoms with Crippen molar-refractivity contribution in [3.63, 3.8) is 0 Å². The smallest absolute Gasteiger partial charge is 0.416 e. The van der Waals surface area contributed by atoms with Gasteiger partial charge < -0.3 is 44.5 Å². The van der Waals surface area contributed by atoms with Crippen LogP contribution in [0.5, 0.6) is 0 Å². The topological polar surface area (TPSA) is 189 Å². The van der Waals surface area contributed by atoms with Gasteiger partial charge in [-0.25, -0.2) is 13.3 Å². The normalized spacial score (nSPS) is 13.3. The van der Waals surface area contributed by atoms with E-state index < -0.39 is 34.6 Å². The molecular weight excluding hydrogens is 982 g/mol. The van der Waals surface area contributed by atoms with Crippen LogP contribution in [0.25, 0.3) is 11.3 Å². The summed E-state index contributed by atoms with van der Waals surface area (Å²) < 4.78 is 77.0. The lowest BCUT2D eigenvalue weighted by Crippen LogP contribution is -2.49. The summed E-state index contributed by atoms with van der Waals surface area (Å²) in [4.78, 5) is 59.7. The van der Waals surface area contributed by atoms with E-state index in [0.29, 0.717) is 112 Å². The Morgan fingerprint density at radius 3 is 2.00 bits per heavy atom. The van der Waals surface area contributed by atoms with E-state index in [-0.39, 0.29) is 42.5 Å². The van der Waals surface area contributed by atoms with Gasteiger partial charge in [-0.2, -0.15) is 13.2 Å². The summed E-state index contributed by atoms with van der Waals surface area (Å²) in [7, 11) is -1.44. The molecule has 1 fully saturated rings. The standard InChI is InChI=1S/C54H63F3N6O10S/c1-3-61(4-2)45-15-18-48(47(37-45)49-36-43(19-21-58-49)51(65)59-38-40-9-6-12-44(35-40)54(55,56)57)60-52(66)42-11-5-8-39(34-42)10-7-26-70-28-30-72-32-33-73-31-29-71-27-20-50(64)62-22-24-63(25-23-62)74(69)46-16-13-41(14-17-46)53(67)68/h5-6,8-9,11-19,21,34-37H,3-4,7,10,20,22-33,38H2,1-2H3,(H,59,65)(H,60,66)(H,67,68). The molecule has 396 valence electrons. The molecule has 1 unspecified atom stereocenters. The molecule has 2 heterocycles. The highest BCUT2D eigenvalue weighted by molar-refractivity contribution is 7.82. The minimum Gasteiger partial charge on any atom is -0.478 e. The number of anilines is 2. The van der Waals surface area contributed by atoms with Crippen LogP contribution in [-0.4, -0.2) is 139 Å². The van der Waals surface area contributed by atoms with Gasteiger partial charge in [-0.15, -0.1) is 0 Å². The quantitative estimate of drug-likeness (QED) is 0.0414. The number of piperazine rings is 1. The maximum Gasteiger partial charge on any atom is 0.416 e. The van der Waals surface area contributed by atoms with Crippen LogP contribution in [0.2, 0.25) is 0 Å². The maximum atomic E-state index is 13.7. The molecule has 5 aromatic rings. The van der Waals surface area contributed by atoms with Crippen molar-refractivity contribution in [1.29, 1.82) is 0 Å². The summed E-state index contributed by atoms with van der Waals surface area (Å²) in [6, 6.07) is 26.8. The summed E-state index contributed by atoms with van der Waals surface area (Å²) >= 11 is 0. The molecule has 0 aliphatic carbocycles. The highest BCUT2D eigenvalue weighted by Gasteiger charge is 2.30. The number of aryl methyl sites for hydroxylation is 1. The number of carboxylic acids is 1. The molecule has 3 amide bonds. The number of carbonyl (C=O) groups excluding carboxylic acids is 3. The van der Waals surface area contributed by atoms with Crippen molar-refractivity contribution in [3.05, 3.63) is 143 Å². The summed E-state index contributed by atoms with van der Waals surface area (Å²) in [5.74, 6) is -1.91. The van der Waals surface area contributed by atoms with Crippen molar-refractivity contribution >= 4 is 46.1 Å². The number of amides is 3. The molecule has 0 spiro atoms. The molecule has 0 bridgehead atoms. The van der Waals surface area contributed by atoms with E-state index in [4.69, 9.17) is 24.1 Å². The second kappa shape index (κ2) is 28.8. The number of benzene rings is 4. The van der Waals surface area contributed by atoms with E-state index in [1.165, 1.54) is 36.5 Å². The first kappa shape index (κ1) is 56.7. The molecule has 1 aromatic heterocycles. The first-order valence-electron chi connectivity index (χ1n) is 24.5. The van der Waals surface area contributed by atoms with Gasteiger partial charge in [-0.1, -0.05) is 24.3 Å². The van der Waals surface area contributed by atoms with Crippen LogP contribution in [0, 0.1) is 0 Å². The minimum atomic E-state index is -4.50. The number of hydrogen-bond donors (Lipinski definition) is 3. The van der Waals surface area contributed by atoms with Crippen LogP contribution in [0.15, 0.2) is 114 Å². The monoisotopic (exact) mass is 1040 g/mol. The van der Waals surface area contributed by atoms with Crippen LogP contribution in [0.1, 0.15) is 74.5 Å². The molecule has 0 saturated carbocycles. The van der Waals surface area contributed by atoms with Crippen LogP contribution in [-0.2, 0) is 53.9 Å². The van der Waals surface area contributed by atoms with Crippen molar-refractivity contribution in [2.75, 3.05) is 102 Å². The van der Waals surface area contributed by atoms with Crippen molar-refractivity contribution in [2.45, 2.75) is 50.7 Å². The molecule has 3 N–H and O–H groups in total. The molecule has 74 heavy (non-hydrogen) atoms. The summed E-state index contributed by atoms with van der Waals surface area (Å²) in [6.07, 6.45) is -1.39. The van der Waals surface area contributed by atoms with Gasteiger partial charge in [0.05, 0.1) is 80.1 Å². The number of nitrogens with one attached hydrogen (secondary N) is 2. The van der Waals surface area contributed by atoms with Crippen molar-refractivity contribution in [3.8, 4) is 11.3 Å². The number of pyridine rings is 1. The van der Waals surface area contributed by atoms with E-state index in [1.807, 2.05) is 50.2 Å². The fraction of sp³-hybridized carbons (Fsp3) is 0.389. The SMILES string of the molecule is CCN(CC)c1ccc(NC(=O)c2cccc(CCCOCCOCCOCCOCCC(=O)N3CCN(S(=O)c4ccc(C(=O)O)cc4)CC3)c2)c(-c2cc(C(=O)NCc3cccc(C(F)(F)F)c3)ccn2)c1. The number of ether oxygens (including phenoxy) is 4. The zero-order valence-corrected chi connectivity index (χ0v) is 42.4. The molecule has 20 heteroatoms. The lowest BCUT2D eigenvalue weighted by molar-refractivity contribution is -0.137. The Bertz CT molecular complexity index is 2660. The number of halogens is 3. The third kappa shape index (κ3) is 17.3. The molecule has 16 nitrogen and oxygen atoms in total. The van der Waals surface area contributed by atoms with Crippen molar-refractivity contribution < 1.29 is 60.6 Å². The number of carboxylic acid groups (broad SMARTS) is 1.